The van der Waals surface area contributed by atoms with Crippen molar-refractivity contribution in [1.29, 1.82) is 0 Å². The summed E-state index contributed by atoms with van der Waals surface area (Å²) in [7, 11) is 0. The van der Waals surface area contributed by atoms with Crippen LogP contribution in [-0.4, -0.2) is 65.2 Å². The van der Waals surface area contributed by atoms with E-state index in [0.29, 0.717) is 17.6 Å². The standard InChI is InChI=1S/C25H28N7O.CH3.Al/c1-16-9-17(2)11-20(10-16)29-25-28-13-19-14-32(15-22(19)30-25)21-4-7-31(8-5-21)24(33)18-3-6-27-23(26)12-18;;/h3,6,9-13,21H,4-5,7-8,14-15H2,1-2H3,(H2-,26,27,28,29,30);1H3;/q-1;;+2. The van der Waals surface area contributed by atoms with Crippen molar-refractivity contribution in [3.8, 4) is 0 Å². The monoisotopic (exact) mass is 484 g/mol. The number of likely N-dealkylation sites (tertiary alicyclic amines) is 1. The number of rotatable bonds is 6. The third kappa shape index (κ3) is 5.48. The van der Waals surface area contributed by atoms with Crippen LogP contribution in [0.3, 0.4) is 0 Å². The molecule has 0 bridgehead atoms. The first kappa shape index (κ1) is 23.7. The van der Waals surface area contributed by atoms with Gasteiger partial charge in [0, 0.05) is 11.9 Å². The zero-order chi connectivity index (χ0) is 24.4. The molecule has 2 aliphatic rings. The molecule has 4 heterocycles. The molecule has 0 spiro atoms. The molecule has 0 radical (unpaired) electrons. The normalized spacial score (nSPS) is 16.0. The quantitative estimate of drug-likeness (QED) is 0.513. The van der Waals surface area contributed by atoms with E-state index in [1.807, 2.05) is 23.2 Å². The van der Waals surface area contributed by atoms with Crippen molar-refractivity contribution in [3.63, 3.8) is 0 Å². The molecule has 35 heavy (non-hydrogen) atoms. The third-order valence-electron chi connectivity index (χ3n) is 6.73. The fraction of sp³-hybridized carbons (Fsp3) is 0.385. The first-order valence-corrected chi connectivity index (χ1v) is 14.0. The molecule has 0 saturated carbocycles. The van der Waals surface area contributed by atoms with Crippen molar-refractivity contribution in [2.24, 2.45) is 0 Å². The Labute approximate surface area is 213 Å². The Kier molecular flexibility index (Phi) is 7.00. The number of hydrogen-bond acceptors (Lipinski definition) is 7. The molecule has 0 unspecified atom stereocenters. The Morgan fingerprint density at radius 3 is 2.57 bits per heavy atom. The van der Waals surface area contributed by atoms with Crippen molar-refractivity contribution >= 4 is 38.8 Å². The van der Waals surface area contributed by atoms with Crippen LogP contribution < -0.4 is 9.62 Å². The van der Waals surface area contributed by atoms with E-state index in [2.05, 4.69) is 62.3 Å². The molecule has 1 aromatic carbocycles. The first-order valence-electron chi connectivity index (χ1n) is 12.2. The Balaban J connectivity index is 1.18. The number of carbonyl (C=O) groups excluding carboxylic acids is 1. The van der Waals surface area contributed by atoms with Gasteiger partial charge in [0.15, 0.2) is 0 Å². The molecule has 1 fully saturated rings. The summed E-state index contributed by atoms with van der Waals surface area (Å²) < 4.78 is 3.26. The molecule has 178 valence electrons. The molecule has 2 aliphatic heterocycles. The van der Waals surface area contributed by atoms with Crippen LogP contribution in [0.5, 0.6) is 0 Å². The minimum absolute atomic E-state index is 0.0935. The maximum atomic E-state index is 13.0. The number of nitrogens with zero attached hydrogens (tertiary/aromatic N) is 5. The van der Waals surface area contributed by atoms with Crippen molar-refractivity contribution in [3.05, 3.63) is 70.7 Å². The molecule has 8 nitrogen and oxygen atoms in total. The van der Waals surface area contributed by atoms with E-state index < -0.39 is 0 Å². The van der Waals surface area contributed by atoms with Gasteiger partial charge in [0.2, 0.25) is 5.95 Å². The van der Waals surface area contributed by atoms with Crippen molar-refractivity contribution in [2.75, 3.05) is 22.7 Å². The summed E-state index contributed by atoms with van der Waals surface area (Å²) in [4.78, 5) is 31.2. The summed E-state index contributed by atoms with van der Waals surface area (Å²) in [6, 6.07) is 10.5. The van der Waals surface area contributed by atoms with Crippen molar-refractivity contribution in [2.45, 2.75) is 51.6 Å². The van der Waals surface area contributed by atoms with Crippen LogP contribution in [0.4, 0.5) is 17.5 Å². The van der Waals surface area contributed by atoms with Gasteiger partial charge in [-0.2, -0.15) is 0 Å². The molecule has 0 atom stereocenters. The average Bonchev–Trinajstić information content (AvgIpc) is 3.27. The van der Waals surface area contributed by atoms with Gasteiger partial charge in [0.05, 0.1) is 0 Å². The number of pyridine rings is 1. The van der Waals surface area contributed by atoms with Crippen molar-refractivity contribution < 1.29 is 4.79 Å². The Morgan fingerprint density at radius 1 is 1.06 bits per heavy atom. The van der Waals surface area contributed by atoms with Crippen molar-refractivity contribution in [1.82, 2.24) is 24.8 Å². The number of fused-ring (bicyclic) bond motifs is 1. The molecule has 2 N–H and O–H groups in total. The van der Waals surface area contributed by atoms with Gasteiger partial charge >= 0.3 is 137 Å². The second kappa shape index (κ2) is 10.3. The van der Waals surface area contributed by atoms with Crippen LogP contribution in [0.25, 0.3) is 0 Å². The van der Waals surface area contributed by atoms with Gasteiger partial charge in [-0.1, -0.05) is 6.07 Å². The predicted molar refractivity (Wildman–Crippen MR) is 139 cm³/mol. The van der Waals surface area contributed by atoms with Crippen LogP contribution in [0.2, 0.25) is 5.79 Å². The molecule has 1 saturated heterocycles. The number of aryl methyl sites for hydroxylation is 2. The number of anilines is 3. The van der Waals surface area contributed by atoms with Gasteiger partial charge in [-0.15, -0.1) is 0 Å². The van der Waals surface area contributed by atoms with Crippen LogP contribution in [0.15, 0.2) is 42.7 Å². The van der Waals surface area contributed by atoms with E-state index in [9.17, 15) is 4.79 Å². The van der Waals surface area contributed by atoms with Crippen LogP contribution in [0.1, 0.15) is 45.6 Å². The zero-order valence-electron chi connectivity index (χ0n) is 20.6. The molecule has 5 rings (SSSR count). The molecule has 1 amide bonds. The molecule has 2 aromatic heterocycles. The van der Waals surface area contributed by atoms with Gasteiger partial charge in [-0.25, -0.2) is 9.97 Å². The van der Waals surface area contributed by atoms with Gasteiger partial charge in [0.25, 0.3) is 0 Å². The summed E-state index contributed by atoms with van der Waals surface area (Å²) in [6.07, 6.45) is 5.61. The number of hydrogen-bond donors (Lipinski definition) is 2. The topological polar surface area (TPSA) is 86.3 Å². The van der Waals surface area contributed by atoms with E-state index in [4.69, 9.17) is 4.98 Å². The summed E-state index contributed by atoms with van der Waals surface area (Å²) >= 11 is 0.0935. The molecule has 9 heteroatoms. The summed E-state index contributed by atoms with van der Waals surface area (Å²) in [5.41, 5.74) is 6.45. The first-order chi connectivity index (χ1) is 17.0. The predicted octanol–water partition coefficient (Wildman–Crippen LogP) is 3.93. The van der Waals surface area contributed by atoms with Gasteiger partial charge in [-0.05, 0) is 37.1 Å². The van der Waals surface area contributed by atoms with Gasteiger partial charge < -0.3 is 5.32 Å². The Bertz CT molecular complexity index is 1210. The number of aromatic nitrogens is 3. The molecular weight excluding hydrogens is 453 g/mol. The molecule has 0 aliphatic carbocycles. The van der Waals surface area contributed by atoms with E-state index >= 15 is 0 Å². The second-order valence-corrected chi connectivity index (χ2v) is 10.3. The minimum atomic E-state index is 0.0935. The maximum absolute atomic E-state index is 13.0. The fourth-order valence-corrected chi connectivity index (χ4v) is 5.53. The number of nitrogens with one attached hydrogen (secondary N) is 2. The number of piperidine rings is 1. The average molecular weight is 485 g/mol. The van der Waals surface area contributed by atoms with E-state index in [0.717, 1.165) is 56.2 Å². The van der Waals surface area contributed by atoms with Crippen LogP contribution >= 0.6 is 0 Å². The molecule has 3 aromatic rings. The number of carbonyl (C=O) groups is 1. The number of amides is 1. The van der Waals surface area contributed by atoms with Crippen LogP contribution in [0, 0.1) is 13.8 Å². The van der Waals surface area contributed by atoms with Gasteiger partial charge in [0.1, 0.15) is 0 Å². The third-order valence-corrected chi connectivity index (χ3v) is 7.31. The fourth-order valence-electron chi connectivity index (χ4n) is 5.08. The van der Waals surface area contributed by atoms with Crippen LogP contribution in [-0.2, 0) is 13.1 Å². The number of benzene rings is 1. The Morgan fingerprint density at radius 2 is 1.83 bits per heavy atom. The van der Waals surface area contributed by atoms with E-state index in [1.54, 1.807) is 6.20 Å². The SMILES string of the molecule is [CH3][Al+][NH]c1cc(C(=O)N2CCC(N3Cc4cnc(Nc5cc(C)cc(C)c5)nc4C3)CC2)ccn1. The van der Waals surface area contributed by atoms with E-state index in [1.165, 1.54) is 16.7 Å². The Hall–Kier alpha value is -2.99. The van der Waals surface area contributed by atoms with Gasteiger partial charge in [-0.3, -0.25) is 0 Å². The molecular formula is C26H31AlN7O+. The second-order valence-electron chi connectivity index (χ2n) is 9.46. The van der Waals surface area contributed by atoms with E-state index in [-0.39, 0.29) is 21.3 Å². The summed E-state index contributed by atoms with van der Waals surface area (Å²) in [5.74, 6) is 3.63. The zero-order valence-corrected chi connectivity index (χ0v) is 21.7. The summed E-state index contributed by atoms with van der Waals surface area (Å²) in [5, 5.41) is 3.36. The summed E-state index contributed by atoms with van der Waals surface area (Å²) in [6.45, 7) is 7.43.